The van der Waals surface area contributed by atoms with Crippen LogP contribution in [0.3, 0.4) is 0 Å². The molecule has 94 valence electrons. The number of pyridine rings is 1. The van der Waals surface area contributed by atoms with Gasteiger partial charge in [-0.2, -0.15) is 4.98 Å². The average molecular weight is 265 g/mol. The van der Waals surface area contributed by atoms with Crippen LogP contribution in [0.2, 0.25) is 5.02 Å². The molecule has 0 unspecified atom stereocenters. The molecule has 2 rings (SSSR count). The molecule has 5 heteroatoms. The Morgan fingerprint density at radius 3 is 2.67 bits per heavy atom. The van der Waals surface area contributed by atoms with Crippen molar-refractivity contribution in [3.63, 3.8) is 0 Å². The van der Waals surface area contributed by atoms with Crippen LogP contribution in [0.1, 0.15) is 5.56 Å². The van der Waals surface area contributed by atoms with E-state index in [-0.39, 0.29) is 0 Å². The number of ether oxygens (including phenoxy) is 2. The molecule has 2 aromatic rings. The third-order valence-electron chi connectivity index (χ3n) is 2.41. The quantitative estimate of drug-likeness (QED) is 0.923. The monoisotopic (exact) mass is 264 g/mol. The first kappa shape index (κ1) is 12.5. The summed E-state index contributed by atoms with van der Waals surface area (Å²) in [4.78, 5) is 4.15. The maximum atomic E-state index is 5.88. The molecule has 0 fully saturated rings. The number of aromatic nitrogens is 1. The van der Waals surface area contributed by atoms with Crippen molar-refractivity contribution in [1.29, 1.82) is 0 Å². The minimum absolute atomic E-state index is 0.346. The molecule has 0 spiro atoms. The number of nitrogen functional groups attached to an aromatic ring is 1. The second-order valence-corrected chi connectivity index (χ2v) is 4.20. The van der Waals surface area contributed by atoms with E-state index in [4.69, 9.17) is 26.8 Å². The van der Waals surface area contributed by atoms with Crippen molar-refractivity contribution in [2.75, 3.05) is 12.8 Å². The van der Waals surface area contributed by atoms with Crippen LogP contribution in [0.15, 0.2) is 30.3 Å². The van der Waals surface area contributed by atoms with Crippen LogP contribution in [0.4, 0.5) is 5.69 Å². The first-order valence-electron chi connectivity index (χ1n) is 5.34. The van der Waals surface area contributed by atoms with Crippen molar-refractivity contribution in [1.82, 2.24) is 4.98 Å². The van der Waals surface area contributed by atoms with Crippen molar-refractivity contribution < 1.29 is 9.47 Å². The Morgan fingerprint density at radius 2 is 2.00 bits per heavy atom. The summed E-state index contributed by atoms with van der Waals surface area (Å²) in [6.45, 7) is 1.91. The Bertz CT molecular complexity index is 573. The summed E-state index contributed by atoms with van der Waals surface area (Å²) < 4.78 is 10.7. The molecule has 0 amide bonds. The van der Waals surface area contributed by atoms with E-state index < -0.39 is 0 Å². The lowest BCUT2D eigenvalue weighted by atomic mass is 10.2. The molecule has 0 aliphatic rings. The average Bonchev–Trinajstić information content (AvgIpc) is 2.35. The number of hydrogen-bond acceptors (Lipinski definition) is 4. The molecule has 4 nitrogen and oxygen atoms in total. The second kappa shape index (κ2) is 5.14. The van der Waals surface area contributed by atoms with Crippen LogP contribution >= 0.6 is 11.6 Å². The van der Waals surface area contributed by atoms with Crippen LogP contribution in [0.5, 0.6) is 17.5 Å². The molecule has 18 heavy (non-hydrogen) atoms. The first-order chi connectivity index (χ1) is 8.60. The Kier molecular flexibility index (Phi) is 3.58. The van der Waals surface area contributed by atoms with Gasteiger partial charge in [0.2, 0.25) is 11.8 Å². The highest BCUT2D eigenvalue weighted by Crippen LogP contribution is 2.28. The van der Waals surface area contributed by atoms with Gasteiger partial charge >= 0.3 is 0 Å². The lowest BCUT2D eigenvalue weighted by molar-refractivity contribution is 0.385. The van der Waals surface area contributed by atoms with Crippen molar-refractivity contribution >= 4 is 17.3 Å². The van der Waals surface area contributed by atoms with Crippen molar-refractivity contribution in [3.05, 3.63) is 40.9 Å². The van der Waals surface area contributed by atoms with Gasteiger partial charge in [-0.15, -0.1) is 0 Å². The molecule has 2 N–H and O–H groups in total. The lowest BCUT2D eigenvalue weighted by Crippen LogP contribution is -1.97. The number of anilines is 1. The molecule has 0 aliphatic heterocycles. The standard InChI is InChI=1S/C13H13ClN2O2/c1-8-7-9(14)3-5-11(8)18-12-6-4-10(15)13(16-12)17-2/h3-7H,15H2,1-2H3. The molecule has 0 radical (unpaired) electrons. The van der Waals surface area contributed by atoms with E-state index in [1.165, 1.54) is 7.11 Å². The molecule has 0 aliphatic carbocycles. The zero-order valence-electron chi connectivity index (χ0n) is 10.1. The molecule has 1 heterocycles. The van der Waals surface area contributed by atoms with E-state index in [9.17, 15) is 0 Å². The highest BCUT2D eigenvalue weighted by Gasteiger charge is 2.06. The fourth-order valence-corrected chi connectivity index (χ4v) is 1.72. The van der Waals surface area contributed by atoms with Gasteiger partial charge in [-0.05, 0) is 36.8 Å². The summed E-state index contributed by atoms with van der Waals surface area (Å²) in [5.41, 5.74) is 7.08. The molecule has 1 aromatic heterocycles. The summed E-state index contributed by atoms with van der Waals surface area (Å²) in [6, 6.07) is 8.75. The van der Waals surface area contributed by atoms with E-state index in [1.807, 2.05) is 13.0 Å². The van der Waals surface area contributed by atoms with Crippen LogP contribution in [-0.2, 0) is 0 Å². The predicted octanol–water partition coefficient (Wildman–Crippen LogP) is 3.43. The van der Waals surface area contributed by atoms with Gasteiger partial charge in [-0.3, -0.25) is 0 Å². The lowest BCUT2D eigenvalue weighted by Gasteiger charge is -2.10. The number of methoxy groups -OCH3 is 1. The van der Waals surface area contributed by atoms with Gasteiger partial charge in [0.05, 0.1) is 12.8 Å². The Hall–Kier alpha value is -1.94. The highest BCUT2D eigenvalue weighted by molar-refractivity contribution is 6.30. The fourth-order valence-electron chi connectivity index (χ4n) is 1.49. The predicted molar refractivity (Wildman–Crippen MR) is 71.5 cm³/mol. The Labute approximate surface area is 110 Å². The summed E-state index contributed by atoms with van der Waals surface area (Å²) >= 11 is 5.88. The number of nitrogens with two attached hydrogens (primary N) is 1. The van der Waals surface area contributed by atoms with E-state index in [0.29, 0.717) is 28.2 Å². The molecular weight excluding hydrogens is 252 g/mol. The number of aryl methyl sites for hydroxylation is 1. The topological polar surface area (TPSA) is 57.4 Å². The normalized spacial score (nSPS) is 10.2. The maximum Gasteiger partial charge on any atom is 0.240 e. The second-order valence-electron chi connectivity index (χ2n) is 3.76. The molecule has 0 saturated carbocycles. The first-order valence-corrected chi connectivity index (χ1v) is 5.72. The molecule has 0 bridgehead atoms. The smallest absolute Gasteiger partial charge is 0.240 e. The summed E-state index contributed by atoms with van der Waals surface area (Å²) in [5, 5.41) is 0.669. The summed E-state index contributed by atoms with van der Waals surface area (Å²) in [5.74, 6) is 1.46. The van der Waals surface area contributed by atoms with Gasteiger partial charge < -0.3 is 15.2 Å². The Morgan fingerprint density at radius 1 is 1.22 bits per heavy atom. The minimum Gasteiger partial charge on any atom is -0.479 e. The highest BCUT2D eigenvalue weighted by atomic mass is 35.5. The van der Waals surface area contributed by atoms with Crippen molar-refractivity contribution in [3.8, 4) is 17.5 Å². The number of hydrogen-bond donors (Lipinski definition) is 1. The molecular formula is C13H13ClN2O2. The number of halogens is 1. The molecule has 0 saturated heterocycles. The fraction of sp³-hybridized carbons (Fsp3) is 0.154. The van der Waals surface area contributed by atoms with Gasteiger partial charge in [-0.25, -0.2) is 0 Å². The van der Waals surface area contributed by atoms with Crippen LogP contribution in [0, 0.1) is 6.92 Å². The van der Waals surface area contributed by atoms with E-state index in [1.54, 1.807) is 24.3 Å². The summed E-state index contributed by atoms with van der Waals surface area (Å²) in [7, 11) is 1.51. The van der Waals surface area contributed by atoms with E-state index in [0.717, 1.165) is 5.56 Å². The SMILES string of the molecule is COc1nc(Oc2ccc(Cl)cc2C)ccc1N. The van der Waals surface area contributed by atoms with Gasteiger partial charge in [0.25, 0.3) is 0 Å². The zero-order valence-corrected chi connectivity index (χ0v) is 10.9. The van der Waals surface area contributed by atoms with Crippen LogP contribution < -0.4 is 15.2 Å². The van der Waals surface area contributed by atoms with E-state index >= 15 is 0 Å². The zero-order chi connectivity index (χ0) is 13.1. The van der Waals surface area contributed by atoms with E-state index in [2.05, 4.69) is 4.98 Å². The maximum absolute atomic E-state index is 5.88. The summed E-state index contributed by atoms with van der Waals surface area (Å²) in [6.07, 6.45) is 0. The third-order valence-corrected chi connectivity index (χ3v) is 2.64. The number of rotatable bonds is 3. The van der Waals surface area contributed by atoms with Gasteiger partial charge in [0.1, 0.15) is 5.75 Å². The molecule has 1 aromatic carbocycles. The Balaban J connectivity index is 2.28. The van der Waals surface area contributed by atoms with Gasteiger partial charge in [-0.1, -0.05) is 11.6 Å². The van der Waals surface area contributed by atoms with Crippen molar-refractivity contribution in [2.45, 2.75) is 6.92 Å². The van der Waals surface area contributed by atoms with Gasteiger partial charge in [0.15, 0.2) is 0 Å². The number of nitrogens with zero attached hydrogens (tertiary/aromatic N) is 1. The largest absolute Gasteiger partial charge is 0.479 e. The number of benzene rings is 1. The minimum atomic E-state index is 0.346. The van der Waals surface area contributed by atoms with Crippen molar-refractivity contribution in [2.24, 2.45) is 0 Å². The third kappa shape index (κ3) is 2.65. The van der Waals surface area contributed by atoms with Gasteiger partial charge in [0, 0.05) is 11.1 Å². The molecule has 0 atom stereocenters. The van der Waals surface area contributed by atoms with Crippen LogP contribution in [-0.4, -0.2) is 12.1 Å². The van der Waals surface area contributed by atoms with Crippen LogP contribution in [0.25, 0.3) is 0 Å².